The fourth-order valence-electron chi connectivity index (χ4n) is 1.86. The predicted molar refractivity (Wildman–Crippen MR) is 65.9 cm³/mol. The summed E-state index contributed by atoms with van der Waals surface area (Å²) in [6.07, 6.45) is 0. The summed E-state index contributed by atoms with van der Waals surface area (Å²) >= 11 is 0. The molecule has 88 valence electrons. The van der Waals surface area contributed by atoms with E-state index in [1.807, 2.05) is 31.2 Å². The first kappa shape index (κ1) is 11.5. The summed E-state index contributed by atoms with van der Waals surface area (Å²) in [7, 11) is 1.64. The molecule has 0 aliphatic rings. The number of nitrogens with one attached hydrogen (secondary N) is 1. The van der Waals surface area contributed by atoms with Crippen LogP contribution in [0.3, 0.4) is 0 Å². The Bertz CT molecular complexity index is 566. The van der Waals surface area contributed by atoms with E-state index in [-0.39, 0.29) is 0 Å². The van der Waals surface area contributed by atoms with Gasteiger partial charge in [0, 0.05) is 11.1 Å². The van der Waals surface area contributed by atoms with Gasteiger partial charge in [0.05, 0.1) is 5.52 Å². The molecule has 1 aromatic carbocycles. The van der Waals surface area contributed by atoms with Gasteiger partial charge in [-0.3, -0.25) is 9.78 Å². The van der Waals surface area contributed by atoms with Gasteiger partial charge < -0.3 is 10.4 Å². The number of aliphatic carboxylic acids is 1. The molecule has 0 saturated carbocycles. The molecule has 0 fully saturated rings. The van der Waals surface area contributed by atoms with E-state index in [1.165, 1.54) is 0 Å². The van der Waals surface area contributed by atoms with Gasteiger partial charge in [0.15, 0.2) is 0 Å². The van der Waals surface area contributed by atoms with Crippen LogP contribution in [-0.2, 0) is 4.79 Å². The van der Waals surface area contributed by atoms with E-state index >= 15 is 0 Å². The summed E-state index contributed by atoms with van der Waals surface area (Å²) in [5, 5.41) is 12.8. The molecule has 1 aromatic heterocycles. The van der Waals surface area contributed by atoms with Gasteiger partial charge in [-0.1, -0.05) is 12.1 Å². The number of fused-ring (bicyclic) bond motifs is 1. The van der Waals surface area contributed by atoms with Crippen molar-refractivity contribution in [1.29, 1.82) is 0 Å². The van der Waals surface area contributed by atoms with E-state index in [1.54, 1.807) is 13.1 Å². The van der Waals surface area contributed by atoms with Crippen LogP contribution in [0.1, 0.15) is 17.3 Å². The van der Waals surface area contributed by atoms with Gasteiger partial charge >= 0.3 is 5.97 Å². The molecule has 0 amide bonds. The maximum Gasteiger partial charge on any atom is 0.325 e. The summed E-state index contributed by atoms with van der Waals surface area (Å²) in [6, 6.07) is 8.70. The summed E-state index contributed by atoms with van der Waals surface area (Å²) < 4.78 is 0. The Morgan fingerprint density at radius 2 is 2.12 bits per heavy atom. The lowest BCUT2D eigenvalue weighted by Crippen LogP contribution is -2.24. The Hall–Kier alpha value is -1.94. The minimum absolute atomic E-state index is 0.680. The van der Waals surface area contributed by atoms with E-state index in [2.05, 4.69) is 10.3 Å². The third kappa shape index (κ3) is 2.26. The van der Waals surface area contributed by atoms with Crippen molar-refractivity contribution in [2.24, 2.45) is 0 Å². The fraction of sp³-hybridized carbons (Fsp3) is 0.231. The van der Waals surface area contributed by atoms with Gasteiger partial charge in [-0.05, 0) is 37.7 Å². The highest BCUT2D eigenvalue weighted by Gasteiger charge is 2.17. The van der Waals surface area contributed by atoms with Crippen molar-refractivity contribution < 1.29 is 9.90 Å². The second-order valence-corrected chi connectivity index (χ2v) is 3.96. The highest BCUT2D eigenvalue weighted by molar-refractivity contribution is 5.82. The highest BCUT2D eigenvalue weighted by atomic mass is 16.4. The molecule has 0 spiro atoms. The van der Waals surface area contributed by atoms with Crippen molar-refractivity contribution in [2.45, 2.75) is 13.0 Å². The molecule has 0 saturated heterocycles. The molecule has 2 N–H and O–H groups in total. The molecule has 4 nitrogen and oxygen atoms in total. The Morgan fingerprint density at radius 1 is 1.35 bits per heavy atom. The number of aromatic nitrogens is 1. The number of aryl methyl sites for hydroxylation is 1. The maximum absolute atomic E-state index is 11.0. The van der Waals surface area contributed by atoms with Crippen LogP contribution in [0, 0.1) is 6.92 Å². The third-order valence-electron chi connectivity index (χ3n) is 2.72. The number of hydrogen-bond acceptors (Lipinski definition) is 3. The Morgan fingerprint density at radius 3 is 2.76 bits per heavy atom. The zero-order valence-corrected chi connectivity index (χ0v) is 9.77. The first-order chi connectivity index (χ1) is 8.11. The van der Waals surface area contributed by atoms with Crippen molar-refractivity contribution in [3.63, 3.8) is 0 Å². The minimum atomic E-state index is -0.882. The average Bonchev–Trinajstić information content (AvgIpc) is 2.29. The van der Waals surface area contributed by atoms with Gasteiger partial charge in [-0.25, -0.2) is 0 Å². The molecule has 17 heavy (non-hydrogen) atoms. The lowest BCUT2D eigenvalue weighted by Gasteiger charge is -2.12. The molecular formula is C13H14N2O2. The summed E-state index contributed by atoms with van der Waals surface area (Å²) in [5.74, 6) is -0.882. The van der Waals surface area contributed by atoms with E-state index in [0.717, 1.165) is 22.2 Å². The molecule has 0 bridgehead atoms. The predicted octanol–water partition coefficient (Wildman–Crippen LogP) is 1.89. The SMILES string of the molecule is CNC(C(=O)O)c1ccc2nc(C)ccc2c1. The van der Waals surface area contributed by atoms with Crippen LogP contribution in [0.25, 0.3) is 10.9 Å². The number of pyridine rings is 1. The number of carboxylic acid groups (broad SMARTS) is 1. The Balaban J connectivity index is 2.50. The van der Waals surface area contributed by atoms with Gasteiger partial charge in [-0.2, -0.15) is 0 Å². The normalized spacial score (nSPS) is 12.6. The van der Waals surface area contributed by atoms with Gasteiger partial charge in [0.25, 0.3) is 0 Å². The lowest BCUT2D eigenvalue weighted by molar-refractivity contribution is -0.139. The van der Waals surface area contributed by atoms with E-state index in [4.69, 9.17) is 5.11 Å². The maximum atomic E-state index is 11.0. The monoisotopic (exact) mass is 230 g/mol. The molecule has 2 rings (SSSR count). The first-order valence-electron chi connectivity index (χ1n) is 5.39. The van der Waals surface area contributed by atoms with Crippen LogP contribution >= 0.6 is 0 Å². The van der Waals surface area contributed by atoms with E-state index in [9.17, 15) is 4.79 Å². The summed E-state index contributed by atoms with van der Waals surface area (Å²) in [4.78, 5) is 15.4. The largest absolute Gasteiger partial charge is 0.480 e. The van der Waals surface area contributed by atoms with Crippen LogP contribution in [0.5, 0.6) is 0 Å². The van der Waals surface area contributed by atoms with Crippen LogP contribution in [0.15, 0.2) is 30.3 Å². The Kier molecular flexibility index (Phi) is 3.06. The number of likely N-dealkylation sites (N-methyl/N-ethyl adjacent to an activating group) is 1. The quantitative estimate of drug-likeness (QED) is 0.845. The van der Waals surface area contributed by atoms with E-state index in [0.29, 0.717) is 0 Å². The second-order valence-electron chi connectivity index (χ2n) is 3.96. The molecule has 1 unspecified atom stereocenters. The standard InChI is InChI=1S/C13H14N2O2/c1-8-3-4-9-7-10(5-6-11(9)15-8)12(14-2)13(16)17/h3-7,12,14H,1-2H3,(H,16,17). The van der Waals surface area contributed by atoms with Gasteiger partial charge in [0.1, 0.15) is 6.04 Å². The molecule has 0 aliphatic heterocycles. The Labute approximate surface area is 99.3 Å². The van der Waals surface area contributed by atoms with Crippen molar-refractivity contribution in [1.82, 2.24) is 10.3 Å². The first-order valence-corrected chi connectivity index (χ1v) is 5.39. The number of hydrogen-bond donors (Lipinski definition) is 2. The smallest absolute Gasteiger partial charge is 0.325 e. The van der Waals surface area contributed by atoms with Crippen molar-refractivity contribution >= 4 is 16.9 Å². The number of benzene rings is 1. The zero-order valence-electron chi connectivity index (χ0n) is 9.77. The van der Waals surface area contributed by atoms with Gasteiger partial charge in [-0.15, -0.1) is 0 Å². The summed E-state index contributed by atoms with van der Waals surface area (Å²) in [5.41, 5.74) is 2.57. The third-order valence-corrected chi connectivity index (χ3v) is 2.72. The zero-order chi connectivity index (χ0) is 12.4. The van der Waals surface area contributed by atoms with Crippen LogP contribution in [0.4, 0.5) is 0 Å². The van der Waals surface area contributed by atoms with Crippen LogP contribution in [0.2, 0.25) is 0 Å². The number of nitrogens with zero attached hydrogens (tertiary/aromatic N) is 1. The van der Waals surface area contributed by atoms with Crippen molar-refractivity contribution in [3.05, 3.63) is 41.6 Å². The van der Waals surface area contributed by atoms with Crippen LogP contribution in [-0.4, -0.2) is 23.1 Å². The van der Waals surface area contributed by atoms with Crippen LogP contribution < -0.4 is 5.32 Å². The number of rotatable bonds is 3. The topological polar surface area (TPSA) is 62.2 Å². The summed E-state index contributed by atoms with van der Waals surface area (Å²) in [6.45, 7) is 1.93. The minimum Gasteiger partial charge on any atom is -0.480 e. The second kappa shape index (κ2) is 4.51. The average molecular weight is 230 g/mol. The highest BCUT2D eigenvalue weighted by Crippen LogP contribution is 2.19. The molecular weight excluding hydrogens is 216 g/mol. The van der Waals surface area contributed by atoms with Gasteiger partial charge in [0.2, 0.25) is 0 Å². The lowest BCUT2D eigenvalue weighted by atomic mass is 10.0. The molecule has 0 aliphatic carbocycles. The molecule has 2 aromatic rings. The molecule has 0 radical (unpaired) electrons. The molecule has 1 heterocycles. The molecule has 4 heteroatoms. The number of carbonyl (C=O) groups is 1. The molecule has 1 atom stereocenters. The van der Waals surface area contributed by atoms with Crippen molar-refractivity contribution in [3.8, 4) is 0 Å². The number of carboxylic acids is 1. The fourth-order valence-corrected chi connectivity index (χ4v) is 1.86. The van der Waals surface area contributed by atoms with Crippen molar-refractivity contribution in [2.75, 3.05) is 7.05 Å². The van der Waals surface area contributed by atoms with E-state index < -0.39 is 12.0 Å².